The zero-order valence-electron chi connectivity index (χ0n) is 11.8. The van der Waals surface area contributed by atoms with Crippen molar-refractivity contribution in [1.29, 1.82) is 0 Å². The molecule has 1 aliphatic rings. The highest BCUT2D eigenvalue weighted by Gasteiger charge is 2.32. The molecule has 4 nitrogen and oxygen atoms in total. The van der Waals surface area contributed by atoms with Crippen molar-refractivity contribution in [3.63, 3.8) is 0 Å². The number of nitrogens with one attached hydrogen (secondary N) is 2. The van der Waals surface area contributed by atoms with Gasteiger partial charge in [0.25, 0.3) is 5.91 Å². The van der Waals surface area contributed by atoms with Gasteiger partial charge in [0.2, 0.25) is 0 Å². The fourth-order valence-electron chi connectivity index (χ4n) is 2.45. The summed E-state index contributed by atoms with van der Waals surface area (Å²) in [5, 5.41) is 6.46. The number of pyridine rings is 1. The first-order valence-electron chi connectivity index (χ1n) is 6.63. The standard InChI is InChI=1S/C14H20BrN3O.ClH/c1-14(2)6-4-8-16-11(14)9-18-13(19)12-10(15)5-3-7-17-12;/h3,5,7,11,16H,4,6,8-9H2,1-2H3,(H,18,19);1H. The van der Waals surface area contributed by atoms with E-state index in [0.717, 1.165) is 11.0 Å². The summed E-state index contributed by atoms with van der Waals surface area (Å²) in [4.78, 5) is 16.2. The first kappa shape index (κ1) is 17.4. The number of amides is 1. The smallest absolute Gasteiger partial charge is 0.271 e. The Labute approximate surface area is 134 Å². The quantitative estimate of drug-likeness (QED) is 0.869. The van der Waals surface area contributed by atoms with E-state index in [-0.39, 0.29) is 23.7 Å². The second kappa shape index (κ2) is 7.38. The van der Waals surface area contributed by atoms with E-state index in [1.165, 1.54) is 12.8 Å². The van der Waals surface area contributed by atoms with E-state index in [1.807, 2.05) is 6.07 Å². The zero-order chi connectivity index (χ0) is 13.9. The maximum absolute atomic E-state index is 12.1. The molecule has 112 valence electrons. The Balaban J connectivity index is 0.00000200. The van der Waals surface area contributed by atoms with Crippen molar-refractivity contribution >= 4 is 34.2 Å². The SMILES string of the molecule is CC1(C)CCCNC1CNC(=O)c1ncccc1Br.Cl. The Morgan fingerprint density at radius 3 is 3.00 bits per heavy atom. The van der Waals surface area contributed by atoms with Gasteiger partial charge < -0.3 is 10.6 Å². The Bertz CT molecular complexity index is 467. The molecule has 0 saturated carbocycles. The molecule has 2 heterocycles. The van der Waals surface area contributed by atoms with E-state index in [2.05, 4.69) is 45.4 Å². The van der Waals surface area contributed by atoms with Crippen molar-refractivity contribution in [3.8, 4) is 0 Å². The normalized spacial score (nSPS) is 20.9. The van der Waals surface area contributed by atoms with E-state index in [0.29, 0.717) is 18.3 Å². The number of carbonyl (C=O) groups is 1. The van der Waals surface area contributed by atoms with Gasteiger partial charge in [0.05, 0.1) is 0 Å². The first-order valence-corrected chi connectivity index (χ1v) is 7.42. The summed E-state index contributed by atoms with van der Waals surface area (Å²) in [6, 6.07) is 3.94. The van der Waals surface area contributed by atoms with Crippen molar-refractivity contribution in [3.05, 3.63) is 28.5 Å². The second-order valence-corrected chi connectivity index (χ2v) is 6.50. The molecule has 0 radical (unpaired) electrons. The largest absolute Gasteiger partial charge is 0.349 e. The molecule has 2 rings (SSSR count). The van der Waals surface area contributed by atoms with E-state index < -0.39 is 0 Å². The predicted octanol–water partition coefficient (Wildman–Crippen LogP) is 2.77. The highest BCUT2D eigenvalue weighted by Crippen LogP contribution is 2.29. The molecule has 1 unspecified atom stereocenters. The summed E-state index contributed by atoms with van der Waals surface area (Å²) >= 11 is 3.35. The van der Waals surface area contributed by atoms with Gasteiger partial charge in [0, 0.05) is 23.3 Å². The lowest BCUT2D eigenvalue weighted by Crippen LogP contribution is -2.52. The Morgan fingerprint density at radius 2 is 2.35 bits per heavy atom. The molecule has 20 heavy (non-hydrogen) atoms. The van der Waals surface area contributed by atoms with Crippen molar-refractivity contribution in [2.75, 3.05) is 13.1 Å². The third kappa shape index (κ3) is 4.17. The molecule has 6 heteroatoms. The predicted molar refractivity (Wildman–Crippen MR) is 86.3 cm³/mol. The number of hydrogen-bond donors (Lipinski definition) is 2. The van der Waals surface area contributed by atoms with Gasteiger partial charge >= 0.3 is 0 Å². The van der Waals surface area contributed by atoms with Gasteiger partial charge in [-0.25, -0.2) is 4.98 Å². The van der Waals surface area contributed by atoms with Crippen LogP contribution in [-0.2, 0) is 0 Å². The molecule has 1 aromatic rings. The fourth-order valence-corrected chi connectivity index (χ4v) is 2.89. The monoisotopic (exact) mass is 361 g/mol. The highest BCUT2D eigenvalue weighted by molar-refractivity contribution is 9.10. The maximum atomic E-state index is 12.1. The Morgan fingerprint density at radius 1 is 1.60 bits per heavy atom. The Hall–Kier alpha value is -0.650. The molecule has 0 aliphatic carbocycles. The van der Waals surface area contributed by atoms with Crippen LogP contribution in [0.2, 0.25) is 0 Å². The first-order chi connectivity index (χ1) is 9.00. The molecule has 0 aromatic carbocycles. The molecule has 2 N–H and O–H groups in total. The summed E-state index contributed by atoms with van der Waals surface area (Å²) in [6.45, 7) is 6.14. The van der Waals surface area contributed by atoms with Crippen molar-refractivity contribution in [2.45, 2.75) is 32.7 Å². The lowest BCUT2D eigenvalue weighted by atomic mass is 9.77. The zero-order valence-corrected chi connectivity index (χ0v) is 14.2. The third-order valence-corrected chi connectivity index (χ3v) is 4.41. The molecule has 1 aliphatic heterocycles. The van der Waals surface area contributed by atoms with Crippen molar-refractivity contribution < 1.29 is 4.79 Å². The average Bonchev–Trinajstić information content (AvgIpc) is 2.37. The van der Waals surface area contributed by atoms with Gasteiger partial charge in [0.1, 0.15) is 5.69 Å². The third-order valence-electron chi connectivity index (χ3n) is 3.77. The van der Waals surface area contributed by atoms with Crippen molar-refractivity contribution in [2.24, 2.45) is 5.41 Å². The van der Waals surface area contributed by atoms with E-state index in [9.17, 15) is 4.79 Å². The topological polar surface area (TPSA) is 54.0 Å². The lowest BCUT2D eigenvalue weighted by Gasteiger charge is -2.39. The van der Waals surface area contributed by atoms with Crippen LogP contribution in [0.1, 0.15) is 37.2 Å². The van der Waals surface area contributed by atoms with Crippen LogP contribution in [0.25, 0.3) is 0 Å². The van der Waals surface area contributed by atoms with E-state index >= 15 is 0 Å². The van der Waals surface area contributed by atoms with Crippen LogP contribution in [0.4, 0.5) is 0 Å². The van der Waals surface area contributed by atoms with Gasteiger partial charge in [-0.15, -0.1) is 12.4 Å². The van der Waals surface area contributed by atoms with E-state index in [1.54, 1.807) is 12.3 Å². The molecule has 0 bridgehead atoms. The minimum atomic E-state index is -0.129. The average molecular weight is 363 g/mol. The van der Waals surface area contributed by atoms with E-state index in [4.69, 9.17) is 0 Å². The second-order valence-electron chi connectivity index (χ2n) is 5.64. The molecular weight excluding hydrogens is 342 g/mol. The molecule has 1 amide bonds. The maximum Gasteiger partial charge on any atom is 0.271 e. The van der Waals surface area contributed by atoms with Crippen LogP contribution in [0.5, 0.6) is 0 Å². The Kier molecular flexibility index (Phi) is 6.43. The van der Waals surface area contributed by atoms with Crippen LogP contribution in [0, 0.1) is 5.41 Å². The van der Waals surface area contributed by atoms with Crippen LogP contribution in [-0.4, -0.2) is 30.0 Å². The molecular formula is C14H21BrClN3O. The van der Waals surface area contributed by atoms with Gasteiger partial charge in [0.15, 0.2) is 0 Å². The fraction of sp³-hybridized carbons (Fsp3) is 0.571. The van der Waals surface area contributed by atoms with Crippen molar-refractivity contribution in [1.82, 2.24) is 15.6 Å². The summed E-state index contributed by atoms with van der Waals surface area (Å²) in [7, 11) is 0. The lowest BCUT2D eigenvalue weighted by molar-refractivity contribution is 0.0923. The molecule has 1 aromatic heterocycles. The number of aromatic nitrogens is 1. The molecule has 0 spiro atoms. The van der Waals surface area contributed by atoms with Gasteiger partial charge in [-0.1, -0.05) is 13.8 Å². The summed E-state index contributed by atoms with van der Waals surface area (Å²) in [5.74, 6) is -0.129. The van der Waals surface area contributed by atoms with Gasteiger partial charge in [-0.3, -0.25) is 4.79 Å². The number of rotatable bonds is 3. The number of hydrogen-bond acceptors (Lipinski definition) is 3. The number of halogens is 2. The van der Waals surface area contributed by atoms with Crippen LogP contribution >= 0.6 is 28.3 Å². The molecule has 1 fully saturated rings. The van der Waals surface area contributed by atoms with Crippen LogP contribution < -0.4 is 10.6 Å². The summed E-state index contributed by atoms with van der Waals surface area (Å²) in [6.07, 6.45) is 4.01. The number of nitrogens with zero attached hydrogens (tertiary/aromatic N) is 1. The molecule has 1 atom stereocenters. The van der Waals surface area contributed by atoms with Gasteiger partial charge in [-0.05, 0) is 52.9 Å². The minimum Gasteiger partial charge on any atom is -0.349 e. The van der Waals surface area contributed by atoms with Crippen LogP contribution in [0.3, 0.4) is 0 Å². The molecule has 1 saturated heterocycles. The van der Waals surface area contributed by atoms with Crippen LogP contribution in [0.15, 0.2) is 22.8 Å². The highest BCUT2D eigenvalue weighted by atomic mass is 79.9. The summed E-state index contributed by atoms with van der Waals surface area (Å²) < 4.78 is 0.725. The number of piperidine rings is 1. The van der Waals surface area contributed by atoms with Gasteiger partial charge in [-0.2, -0.15) is 0 Å². The minimum absolute atomic E-state index is 0. The number of carbonyl (C=O) groups excluding carboxylic acids is 1. The summed E-state index contributed by atoms with van der Waals surface area (Å²) in [5.41, 5.74) is 0.656.